The Morgan fingerprint density at radius 2 is 1.96 bits per heavy atom. The van der Waals surface area contributed by atoms with Crippen molar-refractivity contribution in [3.05, 3.63) is 34.9 Å². The van der Waals surface area contributed by atoms with Gasteiger partial charge in [0.25, 0.3) is 0 Å². The number of nitrogens with two attached hydrogens (primary N) is 1. The molecule has 28 heavy (non-hydrogen) atoms. The molecule has 0 radical (unpaired) electrons. The fraction of sp³-hybridized carbons (Fsp3) is 0.619. The molecule has 1 saturated carbocycles. The first-order valence-electron chi connectivity index (χ1n) is 10.1. The molecule has 2 aliphatic rings. The Morgan fingerprint density at radius 3 is 2.64 bits per heavy atom. The molecule has 2 fully saturated rings. The van der Waals surface area contributed by atoms with Gasteiger partial charge in [-0.25, -0.2) is 0 Å². The van der Waals surface area contributed by atoms with Gasteiger partial charge in [0.2, 0.25) is 11.8 Å². The maximum absolute atomic E-state index is 13.7. The molecule has 5 nitrogen and oxygen atoms in total. The SMILES string of the molecule is Cl.NCCNC(=O)C1CCCN(C(=O)C2(c3cccc(Cl)c3)CCCCC2)C1. The van der Waals surface area contributed by atoms with E-state index in [1.54, 1.807) is 0 Å². The van der Waals surface area contributed by atoms with Gasteiger partial charge >= 0.3 is 0 Å². The number of carbonyl (C=O) groups excluding carboxylic acids is 2. The molecule has 0 spiro atoms. The smallest absolute Gasteiger partial charge is 0.233 e. The predicted molar refractivity (Wildman–Crippen MR) is 115 cm³/mol. The molecule has 1 aliphatic carbocycles. The molecule has 1 aromatic carbocycles. The third-order valence-electron chi connectivity index (χ3n) is 6.02. The van der Waals surface area contributed by atoms with Crippen LogP contribution >= 0.6 is 24.0 Å². The van der Waals surface area contributed by atoms with Gasteiger partial charge < -0.3 is 16.0 Å². The zero-order valence-corrected chi connectivity index (χ0v) is 17.9. The van der Waals surface area contributed by atoms with Crippen LogP contribution < -0.4 is 11.1 Å². The van der Waals surface area contributed by atoms with E-state index in [4.69, 9.17) is 17.3 Å². The highest BCUT2D eigenvalue weighted by atomic mass is 35.5. The lowest BCUT2D eigenvalue weighted by Gasteiger charge is -2.42. The van der Waals surface area contributed by atoms with E-state index in [1.165, 1.54) is 6.42 Å². The molecule has 156 valence electrons. The Hall–Kier alpha value is -1.30. The van der Waals surface area contributed by atoms with Crippen LogP contribution in [-0.2, 0) is 15.0 Å². The van der Waals surface area contributed by atoms with Crippen molar-refractivity contribution < 1.29 is 9.59 Å². The van der Waals surface area contributed by atoms with Gasteiger partial charge in [0, 0.05) is 31.2 Å². The Bertz CT molecular complexity index is 677. The number of likely N-dealkylation sites (tertiary alicyclic amines) is 1. The largest absolute Gasteiger partial charge is 0.355 e. The molecule has 3 rings (SSSR count). The number of hydrogen-bond acceptors (Lipinski definition) is 3. The number of nitrogens with one attached hydrogen (secondary N) is 1. The van der Waals surface area contributed by atoms with Crippen molar-refractivity contribution in [1.82, 2.24) is 10.2 Å². The van der Waals surface area contributed by atoms with Crippen LogP contribution in [0.2, 0.25) is 5.02 Å². The second-order valence-electron chi connectivity index (χ2n) is 7.82. The Balaban J connectivity index is 0.00000280. The molecule has 1 aromatic rings. The summed E-state index contributed by atoms with van der Waals surface area (Å²) in [6.07, 6.45) is 6.65. The molecule has 0 aromatic heterocycles. The van der Waals surface area contributed by atoms with Crippen LogP contribution in [0.1, 0.15) is 50.5 Å². The minimum Gasteiger partial charge on any atom is -0.355 e. The summed E-state index contributed by atoms with van der Waals surface area (Å²) in [7, 11) is 0. The van der Waals surface area contributed by atoms with Crippen molar-refractivity contribution in [3.8, 4) is 0 Å². The van der Waals surface area contributed by atoms with E-state index >= 15 is 0 Å². The lowest BCUT2D eigenvalue weighted by Crippen LogP contribution is -2.53. The van der Waals surface area contributed by atoms with Crippen LogP contribution in [0.15, 0.2) is 24.3 Å². The Labute approximate surface area is 178 Å². The average molecular weight is 428 g/mol. The summed E-state index contributed by atoms with van der Waals surface area (Å²) in [5, 5.41) is 3.54. The van der Waals surface area contributed by atoms with Crippen molar-refractivity contribution in [2.75, 3.05) is 26.2 Å². The first-order chi connectivity index (χ1) is 13.1. The normalized spacial score (nSPS) is 21.5. The molecule has 3 N–H and O–H groups in total. The monoisotopic (exact) mass is 427 g/mol. The molecule has 1 unspecified atom stereocenters. The summed E-state index contributed by atoms with van der Waals surface area (Å²) in [6.45, 7) is 2.13. The van der Waals surface area contributed by atoms with Crippen molar-refractivity contribution in [1.29, 1.82) is 0 Å². The first-order valence-corrected chi connectivity index (χ1v) is 10.5. The number of benzene rings is 1. The number of piperidine rings is 1. The topological polar surface area (TPSA) is 75.4 Å². The third kappa shape index (κ3) is 5.00. The molecule has 2 amide bonds. The van der Waals surface area contributed by atoms with E-state index in [-0.39, 0.29) is 30.1 Å². The van der Waals surface area contributed by atoms with E-state index in [2.05, 4.69) is 5.32 Å². The molecule has 1 atom stereocenters. The maximum atomic E-state index is 13.7. The standard InChI is InChI=1S/C21H30ClN3O2.ClH/c22-18-8-4-7-17(14-18)21(9-2-1-3-10-21)20(27)25-13-5-6-16(15-25)19(26)24-12-11-23;/h4,7-8,14,16H,1-3,5-6,9-13,15,23H2,(H,24,26);1H. The van der Waals surface area contributed by atoms with E-state index in [0.29, 0.717) is 24.7 Å². The summed E-state index contributed by atoms with van der Waals surface area (Å²) < 4.78 is 0. The summed E-state index contributed by atoms with van der Waals surface area (Å²) in [6, 6.07) is 7.76. The van der Waals surface area contributed by atoms with Crippen molar-refractivity contribution in [2.45, 2.75) is 50.4 Å². The number of carbonyl (C=O) groups is 2. The number of rotatable bonds is 5. The highest BCUT2D eigenvalue weighted by Crippen LogP contribution is 2.42. The third-order valence-corrected chi connectivity index (χ3v) is 6.25. The maximum Gasteiger partial charge on any atom is 0.233 e. The molecule has 1 saturated heterocycles. The van der Waals surface area contributed by atoms with Gasteiger partial charge in [-0.2, -0.15) is 0 Å². The zero-order valence-electron chi connectivity index (χ0n) is 16.3. The van der Waals surface area contributed by atoms with Gasteiger partial charge in [-0.15, -0.1) is 12.4 Å². The first kappa shape index (κ1) is 23.0. The highest BCUT2D eigenvalue weighted by Gasteiger charge is 2.44. The molecular weight excluding hydrogens is 397 g/mol. The van der Waals surface area contributed by atoms with Crippen LogP contribution in [-0.4, -0.2) is 42.9 Å². The van der Waals surface area contributed by atoms with Crippen LogP contribution in [0.5, 0.6) is 0 Å². The van der Waals surface area contributed by atoms with Crippen molar-refractivity contribution in [3.63, 3.8) is 0 Å². The lowest BCUT2D eigenvalue weighted by atomic mass is 9.68. The fourth-order valence-corrected chi connectivity index (χ4v) is 4.78. The van der Waals surface area contributed by atoms with Gasteiger partial charge in [0.05, 0.1) is 11.3 Å². The molecular formula is C21H31Cl2N3O2. The Morgan fingerprint density at radius 1 is 1.21 bits per heavy atom. The fourth-order valence-electron chi connectivity index (χ4n) is 4.59. The summed E-state index contributed by atoms with van der Waals surface area (Å²) >= 11 is 6.24. The molecule has 0 bridgehead atoms. The van der Waals surface area contributed by atoms with Crippen LogP contribution in [0.4, 0.5) is 0 Å². The second-order valence-corrected chi connectivity index (χ2v) is 8.26. The van der Waals surface area contributed by atoms with Crippen LogP contribution in [0, 0.1) is 5.92 Å². The van der Waals surface area contributed by atoms with E-state index in [9.17, 15) is 9.59 Å². The second kappa shape index (κ2) is 10.5. The van der Waals surface area contributed by atoms with Crippen LogP contribution in [0.25, 0.3) is 0 Å². The molecule has 1 aliphatic heterocycles. The minimum absolute atomic E-state index is 0. The zero-order chi connectivity index (χ0) is 19.3. The highest BCUT2D eigenvalue weighted by molar-refractivity contribution is 6.30. The predicted octanol–water partition coefficient (Wildman–Crippen LogP) is 3.28. The average Bonchev–Trinajstić information content (AvgIpc) is 2.72. The molecule has 7 heteroatoms. The number of amides is 2. The van der Waals surface area contributed by atoms with Crippen molar-refractivity contribution in [2.24, 2.45) is 11.7 Å². The quantitative estimate of drug-likeness (QED) is 0.756. The summed E-state index contributed by atoms with van der Waals surface area (Å²) in [4.78, 5) is 28.0. The molecule has 1 heterocycles. The van der Waals surface area contributed by atoms with Gasteiger partial charge in [-0.3, -0.25) is 9.59 Å². The van der Waals surface area contributed by atoms with Gasteiger partial charge in [-0.1, -0.05) is 43.0 Å². The van der Waals surface area contributed by atoms with E-state index in [1.807, 2.05) is 29.2 Å². The summed E-state index contributed by atoms with van der Waals surface area (Å²) in [5.41, 5.74) is 6.00. The lowest BCUT2D eigenvalue weighted by molar-refractivity contribution is -0.142. The number of hydrogen-bond donors (Lipinski definition) is 2. The van der Waals surface area contributed by atoms with Gasteiger partial charge in [-0.05, 0) is 43.4 Å². The van der Waals surface area contributed by atoms with Gasteiger partial charge in [0.1, 0.15) is 0 Å². The van der Waals surface area contributed by atoms with E-state index in [0.717, 1.165) is 50.6 Å². The number of nitrogens with zero attached hydrogens (tertiary/aromatic N) is 1. The summed E-state index contributed by atoms with van der Waals surface area (Å²) in [5.74, 6) is 0.0356. The Kier molecular flexibility index (Phi) is 8.59. The van der Waals surface area contributed by atoms with E-state index < -0.39 is 5.41 Å². The van der Waals surface area contributed by atoms with Gasteiger partial charge in [0.15, 0.2) is 0 Å². The van der Waals surface area contributed by atoms with Crippen molar-refractivity contribution >= 4 is 35.8 Å². The van der Waals surface area contributed by atoms with Crippen LogP contribution in [0.3, 0.4) is 0 Å². The number of halogens is 2. The minimum atomic E-state index is -0.501.